The summed E-state index contributed by atoms with van der Waals surface area (Å²) >= 11 is 9.26. The zero-order chi connectivity index (χ0) is 36.3. The lowest BCUT2D eigenvalue weighted by atomic mass is 9.99. The molecule has 0 saturated carbocycles. The third-order valence-electron chi connectivity index (χ3n) is 9.20. The van der Waals surface area contributed by atoms with Crippen molar-refractivity contribution in [3.05, 3.63) is 137 Å². The van der Waals surface area contributed by atoms with Gasteiger partial charge in [0.2, 0.25) is 0 Å². The second kappa shape index (κ2) is 18.6. The van der Waals surface area contributed by atoms with Crippen LogP contribution >= 0.6 is 35.3 Å². The normalized spacial score (nSPS) is 14.0. The van der Waals surface area contributed by atoms with Gasteiger partial charge in [0.25, 0.3) is 5.91 Å². The molecule has 1 unspecified atom stereocenters. The van der Waals surface area contributed by atoms with Gasteiger partial charge in [-0.05, 0) is 122 Å². The van der Waals surface area contributed by atoms with Crippen LogP contribution in [-0.4, -0.2) is 74.3 Å². The van der Waals surface area contributed by atoms with Gasteiger partial charge in [-0.2, -0.15) is 0 Å². The summed E-state index contributed by atoms with van der Waals surface area (Å²) in [5.74, 6) is 0.794. The zero-order valence-corrected chi connectivity index (χ0v) is 32.2. The Kier molecular flexibility index (Phi) is 13.4. The third-order valence-corrected chi connectivity index (χ3v) is 11.4. The number of amides is 1. The number of rotatable bonds is 15. The number of hydrogen-bond donors (Lipinski definition) is 3. The number of carbonyl (C=O) groups excluding carboxylic acids is 1. The van der Waals surface area contributed by atoms with E-state index in [0.717, 1.165) is 72.7 Å². The van der Waals surface area contributed by atoms with Gasteiger partial charge < -0.3 is 20.9 Å². The van der Waals surface area contributed by atoms with Gasteiger partial charge in [0.15, 0.2) is 0 Å². The van der Waals surface area contributed by atoms with Gasteiger partial charge in [0, 0.05) is 70.6 Å². The lowest BCUT2D eigenvalue weighted by molar-refractivity contribution is 0.0984. The van der Waals surface area contributed by atoms with Crippen molar-refractivity contribution in [2.75, 3.05) is 68.5 Å². The van der Waals surface area contributed by atoms with Crippen LogP contribution in [0.25, 0.3) is 11.1 Å². The second-order valence-electron chi connectivity index (χ2n) is 13.3. The molecule has 5 aromatic rings. The topological polar surface area (TPSA) is 76.9 Å². The van der Waals surface area contributed by atoms with E-state index in [4.69, 9.17) is 17.3 Å². The van der Waals surface area contributed by atoms with E-state index in [0.29, 0.717) is 11.3 Å². The van der Waals surface area contributed by atoms with Gasteiger partial charge >= 0.3 is 0 Å². The van der Waals surface area contributed by atoms with Crippen LogP contribution in [0.15, 0.2) is 131 Å². The first kappa shape index (κ1) is 37.6. The first-order valence-electron chi connectivity index (χ1n) is 17.7. The van der Waals surface area contributed by atoms with Crippen molar-refractivity contribution in [1.82, 2.24) is 14.5 Å². The van der Waals surface area contributed by atoms with Gasteiger partial charge in [-0.1, -0.05) is 66.2 Å². The van der Waals surface area contributed by atoms with Crippen molar-refractivity contribution in [2.45, 2.75) is 28.8 Å². The van der Waals surface area contributed by atoms with Crippen LogP contribution in [0.4, 0.5) is 17.1 Å². The van der Waals surface area contributed by atoms with E-state index in [1.807, 2.05) is 72.4 Å². The highest BCUT2D eigenvalue weighted by molar-refractivity contribution is 7.99. The molecule has 0 spiro atoms. The number of piperazine rings is 1. The summed E-state index contributed by atoms with van der Waals surface area (Å²) in [6.07, 6.45) is 0.995. The first-order chi connectivity index (χ1) is 25.3. The number of benzene rings is 5. The summed E-state index contributed by atoms with van der Waals surface area (Å²) in [5.41, 5.74) is 13.6. The molecule has 1 aliphatic heterocycles. The maximum absolute atomic E-state index is 13.1. The van der Waals surface area contributed by atoms with Crippen LogP contribution in [0.3, 0.4) is 0 Å². The molecule has 1 atom stereocenters. The summed E-state index contributed by atoms with van der Waals surface area (Å²) in [6, 6.07) is 41.2. The SMILES string of the molecule is CN(C)CCC(CSc1ccccc1)Nc1ccc(SNC(=O)c2ccc(N3CCN(Cc4ccccc4-c4ccc(Cl)cc4)CC3)cc2)cc1N. The van der Waals surface area contributed by atoms with E-state index in [2.05, 4.69) is 99.5 Å². The number of nitrogens with one attached hydrogen (secondary N) is 2. The van der Waals surface area contributed by atoms with E-state index in [1.165, 1.54) is 33.5 Å². The third kappa shape index (κ3) is 10.7. The molecular formula is C42H47ClN6OS2. The zero-order valence-electron chi connectivity index (χ0n) is 29.8. The highest BCUT2D eigenvalue weighted by Crippen LogP contribution is 2.29. The Balaban J connectivity index is 0.975. The number of nitrogen functional groups attached to an aromatic ring is 1. The van der Waals surface area contributed by atoms with Crippen molar-refractivity contribution in [3.8, 4) is 11.1 Å². The van der Waals surface area contributed by atoms with Crippen molar-refractivity contribution >= 4 is 58.3 Å². The molecule has 1 fully saturated rings. The van der Waals surface area contributed by atoms with Crippen LogP contribution in [0, 0.1) is 0 Å². The highest BCUT2D eigenvalue weighted by atomic mass is 35.5. The van der Waals surface area contributed by atoms with E-state index in [9.17, 15) is 4.79 Å². The molecule has 4 N–H and O–H groups in total. The van der Waals surface area contributed by atoms with Crippen LogP contribution in [-0.2, 0) is 6.54 Å². The summed E-state index contributed by atoms with van der Waals surface area (Å²) < 4.78 is 2.99. The lowest BCUT2D eigenvalue weighted by Crippen LogP contribution is -2.46. The predicted molar refractivity (Wildman–Crippen MR) is 223 cm³/mol. The molecule has 0 radical (unpaired) electrons. The Bertz CT molecular complexity index is 1880. The molecule has 0 aromatic heterocycles. The van der Waals surface area contributed by atoms with Gasteiger partial charge in [-0.25, -0.2) is 0 Å². The number of halogens is 1. The van der Waals surface area contributed by atoms with Crippen LogP contribution in [0.2, 0.25) is 5.02 Å². The number of anilines is 3. The molecule has 7 nitrogen and oxygen atoms in total. The number of carbonyl (C=O) groups is 1. The quantitative estimate of drug-likeness (QED) is 0.0557. The van der Waals surface area contributed by atoms with E-state index < -0.39 is 0 Å². The van der Waals surface area contributed by atoms with Crippen molar-refractivity contribution in [1.29, 1.82) is 0 Å². The Hall–Kier alpha value is -4.12. The van der Waals surface area contributed by atoms with Crippen molar-refractivity contribution in [2.24, 2.45) is 0 Å². The predicted octanol–water partition coefficient (Wildman–Crippen LogP) is 8.87. The molecule has 0 bridgehead atoms. The summed E-state index contributed by atoms with van der Waals surface area (Å²) in [6.45, 7) is 5.67. The lowest BCUT2D eigenvalue weighted by Gasteiger charge is -2.36. The van der Waals surface area contributed by atoms with Crippen LogP contribution in [0.1, 0.15) is 22.3 Å². The second-order valence-corrected chi connectivity index (χ2v) is 15.7. The average molecular weight is 751 g/mol. The molecule has 270 valence electrons. The fraction of sp³-hybridized carbons (Fsp3) is 0.262. The van der Waals surface area contributed by atoms with Gasteiger partial charge in [-0.3, -0.25) is 14.4 Å². The van der Waals surface area contributed by atoms with Crippen molar-refractivity contribution < 1.29 is 4.79 Å². The van der Waals surface area contributed by atoms with E-state index in [1.54, 1.807) is 0 Å². The fourth-order valence-corrected chi connectivity index (χ4v) is 8.01. The smallest absolute Gasteiger partial charge is 0.261 e. The molecule has 0 aliphatic carbocycles. The molecule has 1 amide bonds. The summed E-state index contributed by atoms with van der Waals surface area (Å²) in [4.78, 5) is 22.3. The maximum Gasteiger partial charge on any atom is 0.261 e. The summed E-state index contributed by atoms with van der Waals surface area (Å²) in [7, 11) is 4.19. The Morgan fingerprint density at radius 3 is 2.27 bits per heavy atom. The van der Waals surface area contributed by atoms with E-state index >= 15 is 0 Å². The molecule has 1 saturated heterocycles. The largest absolute Gasteiger partial charge is 0.397 e. The Morgan fingerprint density at radius 1 is 0.846 bits per heavy atom. The van der Waals surface area contributed by atoms with Gasteiger partial charge in [0.05, 0.1) is 11.4 Å². The molecule has 5 aromatic carbocycles. The standard InChI is InChI=1S/C42H47ClN6OS2/c1-47(2)23-22-35(30-51-37-9-4-3-5-10-37)45-41-21-20-38(28-40(41)44)52-46-42(50)32-14-18-36(19-15-32)49-26-24-48(25-27-49)29-33-8-6-7-11-39(33)31-12-16-34(43)17-13-31/h3-21,28,35,45H,22-27,29-30,44H2,1-2H3,(H,46,50). The molecule has 6 rings (SSSR count). The molecule has 1 heterocycles. The number of nitrogens with zero attached hydrogens (tertiary/aromatic N) is 3. The molecule has 10 heteroatoms. The molecule has 52 heavy (non-hydrogen) atoms. The minimum atomic E-state index is -0.136. The first-order valence-corrected chi connectivity index (χ1v) is 19.9. The van der Waals surface area contributed by atoms with Crippen LogP contribution < -0.4 is 20.7 Å². The number of hydrogen-bond acceptors (Lipinski definition) is 8. The minimum Gasteiger partial charge on any atom is -0.397 e. The van der Waals surface area contributed by atoms with Gasteiger partial charge in [-0.15, -0.1) is 11.8 Å². The Morgan fingerprint density at radius 2 is 1.56 bits per heavy atom. The minimum absolute atomic E-state index is 0.136. The number of nitrogens with two attached hydrogens (primary N) is 1. The molecular weight excluding hydrogens is 704 g/mol. The average Bonchev–Trinajstić information content (AvgIpc) is 3.17. The molecule has 1 aliphatic rings. The fourth-order valence-electron chi connectivity index (χ4n) is 6.24. The number of thioether (sulfide) groups is 1. The van der Waals surface area contributed by atoms with Gasteiger partial charge in [0.1, 0.15) is 0 Å². The van der Waals surface area contributed by atoms with Crippen LogP contribution in [0.5, 0.6) is 0 Å². The monoisotopic (exact) mass is 750 g/mol. The van der Waals surface area contributed by atoms with E-state index in [-0.39, 0.29) is 11.9 Å². The summed E-state index contributed by atoms with van der Waals surface area (Å²) in [5, 5.41) is 4.42. The van der Waals surface area contributed by atoms with Crippen molar-refractivity contribution in [3.63, 3.8) is 0 Å². The highest BCUT2D eigenvalue weighted by Gasteiger charge is 2.19. The maximum atomic E-state index is 13.1. The Labute approximate surface area is 322 Å².